The second-order valence-electron chi connectivity index (χ2n) is 10.9. The molecule has 4 aromatic rings. The third-order valence-corrected chi connectivity index (χ3v) is 10.0. The Morgan fingerprint density at radius 3 is 2.00 bits per heavy atom. The number of aryl methyl sites for hydroxylation is 1. The Morgan fingerprint density at radius 1 is 0.826 bits per heavy atom. The molecule has 0 bridgehead atoms. The minimum Gasteiger partial charge on any atom is -0.457 e. The zero-order chi connectivity index (χ0) is 33.4. The van der Waals surface area contributed by atoms with Crippen molar-refractivity contribution in [2.45, 2.75) is 57.6 Å². The Balaban J connectivity index is 1.73. The molecule has 0 radical (unpaired) electrons. The molecule has 0 aromatic heterocycles. The summed E-state index contributed by atoms with van der Waals surface area (Å²) in [7, 11) is -4.24. The fourth-order valence-corrected chi connectivity index (χ4v) is 6.50. The maximum Gasteiger partial charge on any atom is 0.264 e. The van der Waals surface area contributed by atoms with Crippen LogP contribution in [-0.4, -0.2) is 43.8 Å². The fraction of sp³-hybridized carbons (Fsp3) is 0.257. The number of amides is 2. The quantitative estimate of drug-likeness (QED) is 0.157. The van der Waals surface area contributed by atoms with Crippen molar-refractivity contribution in [3.05, 3.63) is 118 Å². The van der Waals surface area contributed by atoms with Gasteiger partial charge in [0, 0.05) is 28.2 Å². The van der Waals surface area contributed by atoms with E-state index in [1.54, 1.807) is 73.7 Å². The van der Waals surface area contributed by atoms with Crippen molar-refractivity contribution in [1.29, 1.82) is 0 Å². The van der Waals surface area contributed by atoms with Gasteiger partial charge < -0.3 is 15.0 Å². The largest absolute Gasteiger partial charge is 0.457 e. The van der Waals surface area contributed by atoms with Gasteiger partial charge in [-0.15, -0.1) is 0 Å². The van der Waals surface area contributed by atoms with Crippen LogP contribution in [0.15, 0.2) is 102 Å². The zero-order valence-corrected chi connectivity index (χ0v) is 28.4. The van der Waals surface area contributed by atoms with Crippen LogP contribution in [-0.2, 0) is 26.2 Å². The molecule has 11 heteroatoms. The zero-order valence-electron chi connectivity index (χ0n) is 26.1. The van der Waals surface area contributed by atoms with Crippen LogP contribution in [0.25, 0.3) is 0 Å². The number of hydrogen-bond acceptors (Lipinski definition) is 5. The second-order valence-corrected chi connectivity index (χ2v) is 13.6. The van der Waals surface area contributed by atoms with E-state index in [0.29, 0.717) is 33.5 Å². The monoisotopic (exact) mass is 681 g/mol. The van der Waals surface area contributed by atoms with Gasteiger partial charge in [-0.25, -0.2) is 8.42 Å². The van der Waals surface area contributed by atoms with Gasteiger partial charge in [0.25, 0.3) is 10.0 Å². The van der Waals surface area contributed by atoms with Gasteiger partial charge in [-0.3, -0.25) is 13.9 Å². The van der Waals surface area contributed by atoms with E-state index in [9.17, 15) is 18.0 Å². The average Bonchev–Trinajstić information content (AvgIpc) is 3.04. The Hall–Kier alpha value is -4.05. The number of halogens is 2. The highest BCUT2D eigenvalue weighted by Gasteiger charge is 2.33. The first-order valence-corrected chi connectivity index (χ1v) is 17.1. The van der Waals surface area contributed by atoms with Gasteiger partial charge in [0.1, 0.15) is 24.1 Å². The number of sulfonamides is 1. The molecular weight excluding hydrogens is 645 g/mol. The molecule has 242 valence electrons. The number of nitrogens with one attached hydrogen (secondary N) is 1. The number of carbonyl (C=O) groups excluding carboxylic acids is 2. The number of benzene rings is 4. The average molecular weight is 683 g/mol. The third-order valence-electron chi connectivity index (χ3n) is 7.55. The molecule has 8 nitrogen and oxygen atoms in total. The molecular formula is C35H37Cl2N3O5S. The lowest BCUT2D eigenvalue weighted by Crippen LogP contribution is -2.52. The van der Waals surface area contributed by atoms with E-state index in [1.165, 1.54) is 17.0 Å². The summed E-state index contributed by atoms with van der Waals surface area (Å²) in [4.78, 5) is 28.8. The summed E-state index contributed by atoms with van der Waals surface area (Å²) < 4.78 is 35.2. The molecule has 0 spiro atoms. The molecule has 4 aromatic carbocycles. The summed E-state index contributed by atoms with van der Waals surface area (Å²) in [5.74, 6) is 0.0942. The van der Waals surface area contributed by atoms with Gasteiger partial charge in [0.15, 0.2) is 0 Å². The smallest absolute Gasteiger partial charge is 0.264 e. The molecule has 0 saturated carbocycles. The van der Waals surface area contributed by atoms with E-state index in [-0.39, 0.29) is 29.1 Å². The molecule has 0 fully saturated rings. The summed E-state index contributed by atoms with van der Waals surface area (Å²) in [6.07, 6.45) is 0.690. The molecule has 0 aliphatic heterocycles. The molecule has 2 atom stereocenters. The van der Waals surface area contributed by atoms with Crippen LogP contribution in [0.1, 0.15) is 38.3 Å². The van der Waals surface area contributed by atoms with Crippen LogP contribution in [0.4, 0.5) is 5.69 Å². The number of nitrogens with zero attached hydrogens (tertiary/aromatic N) is 2. The number of rotatable bonds is 13. The Kier molecular flexibility index (Phi) is 11.7. The number of para-hydroxylation sites is 1. The van der Waals surface area contributed by atoms with Gasteiger partial charge in [-0.2, -0.15) is 0 Å². The first-order valence-electron chi connectivity index (χ1n) is 14.9. The second kappa shape index (κ2) is 15.5. The molecule has 0 unspecified atom stereocenters. The first-order chi connectivity index (χ1) is 21.9. The molecule has 2 amide bonds. The summed E-state index contributed by atoms with van der Waals surface area (Å²) in [6, 6.07) is 25.8. The van der Waals surface area contributed by atoms with Crippen molar-refractivity contribution in [1.82, 2.24) is 10.2 Å². The number of hydrogen-bond donors (Lipinski definition) is 1. The lowest BCUT2D eigenvalue weighted by atomic mass is 10.1. The van der Waals surface area contributed by atoms with Crippen molar-refractivity contribution in [2.75, 3.05) is 10.8 Å². The predicted molar refractivity (Wildman–Crippen MR) is 183 cm³/mol. The third kappa shape index (κ3) is 8.60. The Morgan fingerprint density at radius 2 is 1.41 bits per heavy atom. The van der Waals surface area contributed by atoms with Crippen LogP contribution in [0, 0.1) is 6.92 Å². The van der Waals surface area contributed by atoms with E-state index in [4.69, 9.17) is 27.9 Å². The highest BCUT2D eigenvalue weighted by molar-refractivity contribution is 7.92. The predicted octanol–water partition coefficient (Wildman–Crippen LogP) is 7.62. The van der Waals surface area contributed by atoms with Gasteiger partial charge in [-0.1, -0.05) is 72.1 Å². The fourth-order valence-electron chi connectivity index (χ4n) is 4.57. The van der Waals surface area contributed by atoms with E-state index in [1.807, 2.05) is 39.0 Å². The normalized spacial score (nSPS) is 12.6. The molecule has 46 heavy (non-hydrogen) atoms. The van der Waals surface area contributed by atoms with Gasteiger partial charge >= 0.3 is 0 Å². The molecule has 0 heterocycles. The van der Waals surface area contributed by atoms with E-state index < -0.39 is 28.5 Å². The van der Waals surface area contributed by atoms with Crippen molar-refractivity contribution >= 4 is 50.7 Å². The van der Waals surface area contributed by atoms with Crippen LogP contribution >= 0.6 is 23.2 Å². The standard InChI is InChI=1S/C35H37Cl2N3O5S/c1-5-25(3)38-35(42)26(4)39(22-31-32(36)12-9-13-33(31)37)34(41)23-40(46(43,44)30-20-14-24(2)15-21-30)27-16-18-29(19-17-27)45-28-10-7-6-8-11-28/h6-21,25-26H,5,22-23H2,1-4H3,(H,38,42)/t25-,26+/m1/s1. The molecule has 1 N–H and O–H groups in total. The highest BCUT2D eigenvalue weighted by Crippen LogP contribution is 2.30. The number of anilines is 1. The molecule has 0 saturated heterocycles. The van der Waals surface area contributed by atoms with Gasteiger partial charge in [-0.05, 0) is 87.9 Å². The minimum absolute atomic E-state index is 0.0128. The lowest BCUT2D eigenvalue weighted by molar-refractivity contribution is -0.139. The van der Waals surface area contributed by atoms with Crippen LogP contribution in [0.5, 0.6) is 11.5 Å². The summed E-state index contributed by atoms with van der Waals surface area (Å²) in [5.41, 5.74) is 1.56. The summed E-state index contributed by atoms with van der Waals surface area (Å²) >= 11 is 12.9. The summed E-state index contributed by atoms with van der Waals surface area (Å²) in [6.45, 7) is 6.53. The topological polar surface area (TPSA) is 96.0 Å². The molecule has 4 rings (SSSR count). The lowest BCUT2D eigenvalue weighted by Gasteiger charge is -2.33. The van der Waals surface area contributed by atoms with E-state index in [2.05, 4.69) is 5.32 Å². The number of ether oxygens (including phenoxy) is 1. The van der Waals surface area contributed by atoms with Crippen LogP contribution in [0.2, 0.25) is 10.0 Å². The Bertz CT molecular complexity index is 1730. The van der Waals surface area contributed by atoms with Crippen LogP contribution in [0.3, 0.4) is 0 Å². The van der Waals surface area contributed by atoms with Crippen molar-refractivity contribution in [3.63, 3.8) is 0 Å². The van der Waals surface area contributed by atoms with Crippen molar-refractivity contribution in [3.8, 4) is 11.5 Å². The van der Waals surface area contributed by atoms with E-state index in [0.717, 1.165) is 9.87 Å². The maximum absolute atomic E-state index is 14.2. The highest BCUT2D eigenvalue weighted by atomic mass is 35.5. The maximum atomic E-state index is 14.2. The van der Waals surface area contributed by atoms with E-state index >= 15 is 0 Å². The molecule has 0 aliphatic carbocycles. The summed E-state index contributed by atoms with van der Waals surface area (Å²) in [5, 5.41) is 3.54. The SMILES string of the molecule is CC[C@@H](C)NC(=O)[C@H](C)N(Cc1c(Cl)cccc1Cl)C(=O)CN(c1ccc(Oc2ccccc2)cc1)S(=O)(=O)c1ccc(C)cc1. The number of carbonyl (C=O) groups is 2. The van der Waals surface area contributed by atoms with Gasteiger partial charge in [0.2, 0.25) is 11.8 Å². The minimum atomic E-state index is -4.24. The van der Waals surface area contributed by atoms with Crippen molar-refractivity contribution in [2.24, 2.45) is 0 Å². The van der Waals surface area contributed by atoms with Gasteiger partial charge in [0.05, 0.1) is 10.6 Å². The van der Waals surface area contributed by atoms with Crippen molar-refractivity contribution < 1.29 is 22.7 Å². The first kappa shape index (κ1) is 34.8. The van der Waals surface area contributed by atoms with Crippen LogP contribution < -0.4 is 14.4 Å². The molecule has 0 aliphatic rings. The Labute approximate surface area is 280 Å².